The predicted octanol–water partition coefficient (Wildman–Crippen LogP) is 2.63. The second-order valence-corrected chi connectivity index (χ2v) is 5.46. The fourth-order valence-corrected chi connectivity index (χ4v) is 2.83. The molecule has 0 aromatic heterocycles. The van der Waals surface area contributed by atoms with Crippen molar-refractivity contribution >= 4 is 5.97 Å². The quantitative estimate of drug-likeness (QED) is 0.479. The van der Waals surface area contributed by atoms with Gasteiger partial charge in [-0.05, 0) is 25.5 Å². The van der Waals surface area contributed by atoms with Gasteiger partial charge in [0.15, 0.2) is 0 Å². The molecule has 0 bridgehead atoms. The fraction of sp³-hybridized carbons (Fsp3) is 0.312. The molecule has 7 nitrogen and oxygen atoms in total. The molecule has 1 aromatic rings. The van der Waals surface area contributed by atoms with Crippen molar-refractivity contribution in [3.8, 4) is 0 Å². The van der Waals surface area contributed by atoms with Gasteiger partial charge in [0.05, 0.1) is 28.4 Å². The van der Waals surface area contributed by atoms with Gasteiger partial charge < -0.3 is 15.8 Å². The number of nitro groups is 1. The van der Waals surface area contributed by atoms with Crippen LogP contribution >= 0.6 is 0 Å². The smallest absolute Gasteiger partial charge is 0.416 e. The molecular weight excluding hydrogens is 355 g/mol. The summed E-state index contributed by atoms with van der Waals surface area (Å²) < 4.78 is 45.2. The van der Waals surface area contributed by atoms with E-state index in [2.05, 4.69) is 5.32 Å². The van der Waals surface area contributed by atoms with Gasteiger partial charge in [0.25, 0.3) is 5.70 Å². The van der Waals surface area contributed by atoms with Crippen LogP contribution in [-0.2, 0) is 15.7 Å². The van der Waals surface area contributed by atoms with Crippen LogP contribution in [-0.4, -0.2) is 17.5 Å². The van der Waals surface area contributed by atoms with Gasteiger partial charge in [-0.1, -0.05) is 18.2 Å². The first-order chi connectivity index (χ1) is 12.1. The second-order valence-electron chi connectivity index (χ2n) is 5.46. The Bertz CT molecular complexity index is 815. The SMILES string of the molecule is CCOC(=O)C1=C(N)NC(C)=C([N+](=O)[O-])C1c1ccccc1C(F)(F)F. The van der Waals surface area contributed by atoms with Crippen LogP contribution in [0, 0.1) is 10.1 Å². The van der Waals surface area contributed by atoms with Crippen molar-refractivity contribution in [2.45, 2.75) is 25.9 Å². The monoisotopic (exact) mass is 371 g/mol. The number of hydrogen-bond donors (Lipinski definition) is 2. The highest BCUT2D eigenvalue weighted by Gasteiger charge is 2.45. The summed E-state index contributed by atoms with van der Waals surface area (Å²) in [4.78, 5) is 23.0. The van der Waals surface area contributed by atoms with E-state index >= 15 is 0 Å². The molecule has 1 atom stereocenters. The number of carbonyl (C=O) groups excluding carboxylic acids is 1. The lowest BCUT2D eigenvalue weighted by atomic mass is 9.82. The number of carbonyl (C=O) groups is 1. The molecule has 10 heteroatoms. The first-order valence-electron chi connectivity index (χ1n) is 7.54. The number of esters is 1. The van der Waals surface area contributed by atoms with E-state index < -0.39 is 45.4 Å². The fourth-order valence-electron chi connectivity index (χ4n) is 2.83. The molecule has 140 valence electrons. The highest BCUT2D eigenvalue weighted by Crippen LogP contribution is 2.43. The minimum Gasteiger partial charge on any atom is -0.463 e. The van der Waals surface area contributed by atoms with Gasteiger partial charge in [-0.2, -0.15) is 13.2 Å². The van der Waals surface area contributed by atoms with Crippen molar-refractivity contribution < 1.29 is 27.6 Å². The number of alkyl halides is 3. The second kappa shape index (κ2) is 7.06. The van der Waals surface area contributed by atoms with Crippen molar-refractivity contribution in [1.29, 1.82) is 0 Å². The van der Waals surface area contributed by atoms with Gasteiger partial charge >= 0.3 is 12.1 Å². The maximum atomic E-state index is 13.4. The molecule has 0 amide bonds. The highest BCUT2D eigenvalue weighted by atomic mass is 19.4. The van der Waals surface area contributed by atoms with E-state index in [1.165, 1.54) is 19.9 Å². The molecule has 1 unspecified atom stereocenters. The number of benzene rings is 1. The van der Waals surface area contributed by atoms with E-state index in [-0.39, 0.29) is 18.1 Å². The van der Waals surface area contributed by atoms with Crippen LogP contribution in [0.15, 0.2) is 47.1 Å². The van der Waals surface area contributed by atoms with E-state index in [1.807, 2.05) is 0 Å². The van der Waals surface area contributed by atoms with E-state index in [4.69, 9.17) is 10.5 Å². The summed E-state index contributed by atoms with van der Waals surface area (Å²) in [5, 5.41) is 14.0. The van der Waals surface area contributed by atoms with Gasteiger partial charge in [-0.15, -0.1) is 0 Å². The van der Waals surface area contributed by atoms with Crippen molar-refractivity contribution in [1.82, 2.24) is 5.32 Å². The van der Waals surface area contributed by atoms with Crippen LogP contribution in [0.25, 0.3) is 0 Å². The third kappa shape index (κ3) is 3.48. The summed E-state index contributed by atoms with van der Waals surface area (Å²) in [5.41, 5.74) is 3.16. The van der Waals surface area contributed by atoms with Crippen LogP contribution in [0.3, 0.4) is 0 Å². The Balaban J connectivity index is 2.79. The summed E-state index contributed by atoms with van der Waals surface area (Å²) in [6.45, 7) is 2.73. The third-order valence-corrected chi connectivity index (χ3v) is 3.83. The Morgan fingerprint density at radius 2 is 2.00 bits per heavy atom. The zero-order valence-electron chi connectivity index (χ0n) is 13.9. The summed E-state index contributed by atoms with van der Waals surface area (Å²) in [7, 11) is 0. The average molecular weight is 371 g/mol. The van der Waals surface area contributed by atoms with E-state index in [0.717, 1.165) is 18.2 Å². The molecule has 0 radical (unpaired) electrons. The van der Waals surface area contributed by atoms with Crippen LogP contribution in [0.2, 0.25) is 0 Å². The number of dihydropyridines is 1. The zero-order valence-corrected chi connectivity index (χ0v) is 13.9. The number of rotatable bonds is 4. The maximum Gasteiger partial charge on any atom is 0.416 e. The molecule has 1 aliphatic heterocycles. The lowest BCUT2D eigenvalue weighted by Crippen LogP contribution is -2.36. The lowest BCUT2D eigenvalue weighted by Gasteiger charge is -2.27. The molecule has 3 N–H and O–H groups in total. The molecule has 0 saturated heterocycles. The van der Waals surface area contributed by atoms with Gasteiger partial charge in [0.1, 0.15) is 11.7 Å². The molecule has 0 saturated carbocycles. The Morgan fingerprint density at radius 1 is 1.38 bits per heavy atom. The Labute approximate surface area is 146 Å². The Hall–Kier alpha value is -3.04. The predicted molar refractivity (Wildman–Crippen MR) is 84.9 cm³/mol. The normalized spacial score (nSPS) is 17.8. The topological polar surface area (TPSA) is 107 Å². The van der Waals surface area contributed by atoms with Crippen molar-refractivity contribution in [3.05, 3.63) is 68.3 Å². The number of nitrogens with zero attached hydrogens (tertiary/aromatic N) is 1. The van der Waals surface area contributed by atoms with Crippen LogP contribution in [0.5, 0.6) is 0 Å². The lowest BCUT2D eigenvalue weighted by molar-refractivity contribution is -0.431. The molecule has 0 fully saturated rings. The van der Waals surface area contributed by atoms with Crippen molar-refractivity contribution in [3.63, 3.8) is 0 Å². The molecule has 0 aliphatic carbocycles. The molecular formula is C16H16F3N3O4. The Morgan fingerprint density at radius 3 is 2.54 bits per heavy atom. The van der Waals surface area contributed by atoms with Crippen LogP contribution < -0.4 is 11.1 Å². The molecule has 2 rings (SSSR count). The zero-order chi connectivity index (χ0) is 19.6. The first-order valence-corrected chi connectivity index (χ1v) is 7.54. The van der Waals surface area contributed by atoms with Crippen LogP contribution in [0.4, 0.5) is 13.2 Å². The molecule has 0 spiro atoms. The average Bonchev–Trinajstić information content (AvgIpc) is 2.53. The van der Waals surface area contributed by atoms with Crippen molar-refractivity contribution in [2.75, 3.05) is 6.61 Å². The summed E-state index contributed by atoms with van der Waals surface area (Å²) in [5.74, 6) is -2.93. The van der Waals surface area contributed by atoms with E-state index in [0.29, 0.717) is 0 Å². The highest BCUT2D eigenvalue weighted by molar-refractivity contribution is 5.92. The van der Waals surface area contributed by atoms with Gasteiger partial charge in [-0.25, -0.2) is 4.79 Å². The van der Waals surface area contributed by atoms with E-state index in [9.17, 15) is 28.1 Å². The minimum atomic E-state index is -4.77. The minimum absolute atomic E-state index is 0.0532. The number of nitrogens with one attached hydrogen (secondary N) is 1. The van der Waals surface area contributed by atoms with Gasteiger partial charge in [0.2, 0.25) is 0 Å². The molecule has 1 aliphatic rings. The summed E-state index contributed by atoms with van der Waals surface area (Å²) >= 11 is 0. The van der Waals surface area contributed by atoms with Crippen molar-refractivity contribution in [2.24, 2.45) is 5.73 Å². The third-order valence-electron chi connectivity index (χ3n) is 3.83. The largest absolute Gasteiger partial charge is 0.463 e. The Kier molecular flexibility index (Phi) is 5.24. The summed E-state index contributed by atoms with van der Waals surface area (Å²) in [6.07, 6.45) is -4.77. The number of ether oxygens (including phenoxy) is 1. The number of hydrogen-bond acceptors (Lipinski definition) is 6. The maximum absolute atomic E-state index is 13.4. The van der Waals surface area contributed by atoms with Crippen LogP contribution in [0.1, 0.15) is 30.9 Å². The number of halogens is 3. The molecule has 26 heavy (non-hydrogen) atoms. The van der Waals surface area contributed by atoms with Gasteiger partial charge in [0, 0.05) is 0 Å². The first kappa shape index (κ1) is 19.3. The standard InChI is InChI=1S/C16H16F3N3O4/c1-3-26-15(23)12-11(13(22(24)25)8(2)21-14(12)20)9-6-4-5-7-10(9)16(17,18)19/h4-7,11,21H,3,20H2,1-2H3. The molecule has 1 heterocycles. The van der Waals surface area contributed by atoms with Gasteiger partial charge in [-0.3, -0.25) is 10.1 Å². The summed E-state index contributed by atoms with van der Waals surface area (Å²) in [6, 6.07) is 4.34. The number of allylic oxidation sites excluding steroid dienone is 2. The van der Waals surface area contributed by atoms with E-state index in [1.54, 1.807) is 0 Å². The number of nitrogens with two attached hydrogens (primary N) is 1. The molecule has 1 aromatic carbocycles.